The average Bonchev–Trinajstić information content (AvgIpc) is 2.74. The van der Waals surface area contributed by atoms with Gasteiger partial charge in [0, 0.05) is 13.2 Å². The van der Waals surface area contributed by atoms with E-state index in [0.29, 0.717) is 6.54 Å². The van der Waals surface area contributed by atoms with Crippen LogP contribution in [0.3, 0.4) is 0 Å². The maximum Gasteiger partial charge on any atom is 0.143 e. The second-order valence-electron chi connectivity index (χ2n) is 3.70. The smallest absolute Gasteiger partial charge is 0.143 e. The number of anilines is 1. The van der Waals surface area contributed by atoms with E-state index >= 15 is 0 Å². The molecule has 84 valence electrons. The molecule has 2 heterocycles. The molecule has 0 fully saturated rings. The number of aryl methyl sites for hydroxylation is 1. The van der Waals surface area contributed by atoms with Crippen molar-refractivity contribution < 1.29 is 4.42 Å². The topological polar surface area (TPSA) is 29.3 Å². The monoisotopic (exact) mass is 280 g/mol. The average molecular weight is 281 g/mol. The van der Waals surface area contributed by atoms with Gasteiger partial charge in [0.05, 0.1) is 17.3 Å². The number of halogens is 1. The zero-order valence-corrected chi connectivity index (χ0v) is 10.9. The van der Waals surface area contributed by atoms with E-state index in [1.165, 1.54) is 5.56 Å². The van der Waals surface area contributed by atoms with Crippen LogP contribution in [0, 0.1) is 6.92 Å². The summed E-state index contributed by atoms with van der Waals surface area (Å²) in [6.07, 6.45) is 3.50. The van der Waals surface area contributed by atoms with Crippen LogP contribution < -0.4 is 4.90 Å². The quantitative estimate of drug-likeness (QED) is 0.863. The predicted molar refractivity (Wildman–Crippen MR) is 67.5 cm³/mol. The Morgan fingerprint density at radius 1 is 1.44 bits per heavy atom. The number of hydrogen-bond donors (Lipinski definition) is 0. The van der Waals surface area contributed by atoms with Crippen molar-refractivity contribution in [2.75, 3.05) is 11.9 Å². The highest BCUT2D eigenvalue weighted by atomic mass is 79.9. The molecule has 2 rings (SSSR count). The van der Waals surface area contributed by atoms with E-state index < -0.39 is 0 Å². The van der Waals surface area contributed by atoms with E-state index in [0.717, 1.165) is 16.1 Å². The Kier molecular flexibility index (Phi) is 3.29. The summed E-state index contributed by atoms with van der Waals surface area (Å²) >= 11 is 3.55. The normalized spacial score (nSPS) is 10.4. The number of rotatable bonds is 3. The van der Waals surface area contributed by atoms with Gasteiger partial charge < -0.3 is 9.32 Å². The van der Waals surface area contributed by atoms with Crippen molar-refractivity contribution in [3.63, 3.8) is 0 Å². The molecule has 0 bridgehead atoms. The number of pyridine rings is 1. The van der Waals surface area contributed by atoms with Gasteiger partial charge in [-0.1, -0.05) is 0 Å². The van der Waals surface area contributed by atoms with Crippen LogP contribution in [0.4, 0.5) is 5.82 Å². The molecule has 0 aromatic carbocycles. The lowest BCUT2D eigenvalue weighted by Gasteiger charge is -2.18. The molecule has 0 saturated carbocycles. The minimum atomic E-state index is 0.710. The molecular weight excluding hydrogens is 268 g/mol. The first-order valence-electron chi connectivity index (χ1n) is 5.03. The minimum Gasteiger partial charge on any atom is -0.467 e. The molecule has 0 spiro atoms. The van der Waals surface area contributed by atoms with Crippen LogP contribution in [0.15, 0.2) is 39.5 Å². The summed E-state index contributed by atoms with van der Waals surface area (Å²) < 4.78 is 6.34. The van der Waals surface area contributed by atoms with Crippen LogP contribution in [0.5, 0.6) is 0 Å². The Balaban J connectivity index is 2.21. The second-order valence-corrected chi connectivity index (χ2v) is 4.49. The van der Waals surface area contributed by atoms with Gasteiger partial charge in [0.15, 0.2) is 0 Å². The van der Waals surface area contributed by atoms with Gasteiger partial charge in [0.2, 0.25) is 0 Å². The van der Waals surface area contributed by atoms with Gasteiger partial charge in [-0.15, -0.1) is 0 Å². The number of hydrogen-bond acceptors (Lipinski definition) is 3. The predicted octanol–water partition coefficient (Wildman–Crippen LogP) is 3.38. The number of furan rings is 1. The fourth-order valence-electron chi connectivity index (χ4n) is 1.50. The highest BCUT2D eigenvalue weighted by Gasteiger charge is 2.10. The molecule has 0 aliphatic rings. The van der Waals surface area contributed by atoms with Crippen molar-refractivity contribution in [3.05, 3.63) is 46.5 Å². The summed E-state index contributed by atoms with van der Waals surface area (Å²) in [7, 11) is 2.00. The molecule has 0 N–H and O–H groups in total. The molecular formula is C12H13BrN2O. The summed E-state index contributed by atoms with van der Waals surface area (Å²) in [6.45, 7) is 2.76. The van der Waals surface area contributed by atoms with E-state index in [-0.39, 0.29) is 0 Å². The summed E-state index contributed by atoms with van der Waals surface area (Å²) in [4.78, 5) is 6.41. The lowest BCUT2D eigenvalue weighted by molar-refractivity contribution is 0.507. The molecule has 0 amide bonds. The minimum absolute atomic E-state index is 0.710. The summed E-state index contributed by atoms with van der Waals surface area (Å²) in [6, 6.07) is 5.83. The Morgan fingerprint density at radius 3 is 2.94 bits per heavy atom. The second kappa shape index (κ2) is 4.70. The zero-order valence-electron chi connectivity index (χ0n) is 9.27. The highest BCUT2D eigenvalue weighted by Crippen LogP contribution is 2.26. The summed E-state index contributed by atoms with van der Waals surface area (Å²) in [5, 5.41) is 0. The molecule has 0 aliphatic carbocycles. The van der Waals surface area contributed by atoms with Crippen molar-refractivity contribution in [1.82, 2.24) is 4.98 Å². The molecule has 0 unspecified atom stereocenters. The summed E-state index contributed by atoms with van der Waals surface area (Å²) in [5.41, 5.74) is 1.18. The third-order valence-electron chi connectivity index (χ3n) is 2.40. The van der Waals surface area contributed by atoms with E-state index in [4.69, 9.17) is 4.42 Å². The molecule has 0 saturated heterocycles. The van der Waals surface area contributed by atoms with Gasteiger partial charge in [0.25, 0.3) is 0 Å². The molecule has 0 atom stereocenters. The van der Waals surface area contributed by atoms with Crippen LogP contribution in [0.1, 0.15) is 11.3 Å². The van der Waals surface area contributed by atoms with Gasteiger partial charge >= 0.3 is 0 Å². The first-order chi connectivity index (χ1) is 7.68. The Bertz CT molecular complexity index is 468. The fraction of sp³-hybridized carbons (Fsp3) is 0.250. The Morgan fingerprint density at radius 2 is 2.25 bits per heavy atom. The Hall–Kier alpha value is -1.29. The Labute approximate surface area is 103 Å². The summed E-state index contributed by atoms with van der Waals surface area (Å²) in [5.74, 6) is 1.86. The van der Waals surface area contributed by atoms with Gasteiger partial charge in [-0.3, -0.25) is 0 Å². The third-order valence-corrected chi connectivity index (χ3v) is 3.38. The first kappa shape index (κ1) is 11.2. The van der Waals surface area contributed by atoms with Gasteiger partial charge in [0.1, 0.15) is 11.6 Å². The van der Waals surface area contributed by atoms with E-state index in [2.05, 4.69) is 32.7 Å². The molecule has 3 nitrogen and oxygen atoms in total. The maximum atomic E-state index is 5.31. The molecule has 0 aliphatic heterocycles. The van der Waals surface area contributed by atoms with Crippen molar-refractivity contribution in [2.24, 2.45) is 0 Å². The van der Waals surface area contributed by atoms with E-state index in [9.17, 15) is 0 Å². The third kappa shape index (κ3) is 2.27. The fourth-order valence-corrected chi connectivity index (χ4v) is 2.04. The van der Waals surface area contributed by atoms with Crippen molar-refractivity contribution in [1.29, 1.82) is 0 Å². The number of nitrogens with zero attached hydrogens (tertiary/aromatic N) is 2. The maximum absolute atomic E-state index is 5.31. The van der Waals surface area contributed by atoms with Crippen LogP contribution in [0.2, 0.25) is 0 Å². The van der Waals surface area contributed by atoms with Crippen molar-refractivity contribution in [2.45, 2.75) is 13.5 Å². The molecule has 16 heavy (non-hydrogen) atoms. The van der Waals surface area contributed by atoms with Gasteiger partial charge in [-0.25, -0.2) is 4.98 Å². The van der Waals surface area contributed by atoms with E-state index in [1.807, 2.05) is 31.4 Å². The standard InChI is InChI=1S/C12H13BrN2O/c1-9-5-6-14-12(11(9)13)15(2)8-10-4-3-7-16-10/h3-7H,8H2,1-2H3. The SMILES string of the molecule is Cc1ccnc(N(C)Cc2ccco2)c1Br. The van der Waals surface area contributed by atoms with Crippen LogP contribution >= 0.6 is 15.9 Å². The lowest BCUT2D eigenvalue weighted by Crippen LogP contribution is -2.18. The molecule has 4 heteroatoms. The van der Waals surface area contributed by atoms with Crippen molar-refractivity contribution in [3.8, 4) is 0 Å². The van der Waals surface area contributed by atoms with Crippen molar-refractivity contribution >= 4 is 21.7 Å². The van der Waals surface area contributed by atoms with Gasteiger partial charge in [-0.05, 0) is 46.6 Å². The first-order valence-corrected chi connectivity index (χ1v) is 5.82. The van der Waals surface area contributed by atoms with Gasteiger partial charge in [-0.2, -0.15) is 0 Å². The molecule has 0 radical (unpaired) electrons. The highest BCUT2D eigenvalue weighted by molar-refractivity contribution is 9.10. The van der Waals surface area contributed by atoms with E-state index in [1.54, 1.807) is 6.26 Å². The largest absolute Gasteiger partial charge is 0.467 e. The zero-order chi connectivity index (χ0) is 11.5. The van der Waals surface area contributed by atoms with Crippen LogP contribution in [-0.2, 0) is 6.54 Å². The lowest BCUT2D eigenvalue weighted by atomic mass is 10.3. The van der Waals surface area contributed by atoms with Crippen LogP contribution in [-0.4, -0.2) is 12.0 Å². The number of aromatic nitrogens is 1. The van der Waals surface area contributed by atoms with Crippen LogP contribution in [0.25, 0.3) is 0 Å². The molecule has 2 aromatic heterocycles. The molecule has 2 aromatic rings.